The van der Waals surface area contributed by atoms with Gasteiger partial charge in [0.1, 0.15) is 0 Å². The largest absolute Gasteiger partial charge is 0.355 e. The number of rotatable bonds is 8. The molecule has 0 aliphatic heterocycles. The fraction of sp³-hybridized carbons (Fsp3) is 0.692. The Labute approximate surface area is 130 Å². The Hall–Kier alpha value is -1.63. The predicted molar refractivity (Wildman–Crippen MR) is 85.0 cm³/mol. The summed E-state index contributed by atoms with van der Waals surface area (Å²) in [5, 5.41) is 2.94. The Morgan fingerprint density at radius 2 is 1.76 bits per heavy atom. The van der Waals surface area contributed by atoms with Gasteiger partial charge in [-0.05, 0) is 31.9 Å². The van der Waals surface area contributed by atoms with Gasteiger partial charge in [0.05, 0.1) is 6.54 Å². The van der Waals surface area contributed by atoms with E-state index in [0.717, 1.165) is 19.5 Å². The van der Waals surface area contributed by atoms with Gasteiger partial charge in [0.15, 0.2) is 0 Å². The lowest BCUT2D eigenvalue weighted by molar-refractivity contribution is -0.119. The van der Waals surface area contributed by atoms with Crippen LogP contribution in [0.1, 0.15) is 27.2 Å². The number of carbonyl (C=O) groups is 1. The van der Waals surface area contributed by atoms with Gasteiger partial charge in [-0.15, -0.1) is 0 Å². The summed E-state index contributed by atoms with van der Waals surface area (Å²) in [6.45, 7) is 8.43. The lowest BCUT2D eigenvalue weighted by atomic mass is 10.4. The molecule has 0 atom stereocenters. The molecule has 0 aliphatic rings. The molecule has 8 heteroatoms. The van der Waals surface area contributed by atoms with E-state index in [9.17, 15) is 4.79 Å². The van der Waals surface area contributed by atoms with Crippen molar-refractivity contribution in [1.29, 1.82) is 0 Å². The topological polar surface area (TPSA) is 74.2 Å². The van der Waals surface area contributed by atoms with Crippen molar-refractivity contribution in [3.05, 3.63) is 5.28 Å². The van der Waals surface area contributed by atoms with Gasteiger partial charge in [0, 0.05) is 26.7 Å². The summed E-state index contributed by atoms with van der Waals surface area (Å²) in [6.07, 6.45) is 0.902. The zero-order chi connectivity index (χ0) is 15.8. The van der Waals surface area contributed by atoms with Crippen LogP contribution < -0.4 is 15.1 Å². The summed E-state index contributed by atoms with van der Waals surface area (Å²) < 4.78 is 0. The van der Waals surface area contributed by atoms with Gasteiger partial charge in [0.25, 0.3) is 0 Å². The monoisotopic (exact) mass is 314 g/mol. The minimum absolute atomic E-state index is 0.0692. The molecule has 7 nitrogen and oxygen atoms in total. The average molecular weight is 315 g/mol. The number of carbonyl (C=O) groups excluding carboxylic acids is 1. The van der Waals surface area contributed by atoms with E-state index in [1.165, 1.54) is 0 Å². The summed E-state index contributed by atoms with van der Waals surface area (Å²) in [6, 6.07) is 0. The van der Waals surface area contributed by atoms with Crippen molar-refractivity contribution in [3.8, 4) is 0 Å². The second-order valence-corrected chi connectivity index (χ2v) is 4.92. The molecule has 0 aliphatic carbocycles. The highest BCUT2D eigenvalue weighted by Crippen LogP contribution is 2.15. The zero-order valence-electron chi connectivity index (χ0n) is 13.1. The Morgan fingerprint density at radius 1 is 1.14 bits per heavy atom. The second-order valence-electron chi connectivity index (χ2n) is 4.58. The summed E-state index contributed by atoms with van der Waals surface area (Å²) in [4.78, 5) is 28.0. The SMILES string of the molecule is CCCNC(=O)CN(C)c1nc(Cl)nc(N(CC)CC)n1. The lowest BCUT2D eigenvalue weighted by Crippen LogP contribution is -2.36. The molecule has 0 aromatic carbocycles. The number of hydrogen-bond donors (Lipinski definition) is 1. The number of nitrogens with zero attached hydrogens (tertiary/aromatic N) is 5. The molecule has 21 heavy (non-hydrogen) atoms. The number of halogens is 1. The third kappa shape index (κ3) is 5.34. The first-order chi connectivity index (χ1) is 10.0. The van der Waals surface area contributed by atoms with Gasteiger partial charge < -0.3 is 15.1 Å². The van der Waals surface area contributed by atoms with Crippen molar-refractivity contribution >= 4 is 29.4 Å². The number of nitrogens with one attached hydrogen (secondary N) is 1. The van der Waals surface area contributed by atoms with Gasteiger partial charge in [-0.25, -0.2) is 0 Å². The lowest BCUT2D eigenvalue weighted by Gasteiger charge is -2.21. The molecule has 0 fully saturated rings. The van der Waals surface area contributed by atoms with Gasteiger partial charge >= 0.3 is 0 Å². The highest BCUT2D eigenvalue weighted by molar-refractivity contribution is 6.28. The highest BCUT2D eigenvalue weighted by Gasteiger charge is 2.14. The number of likely N-dealkylation sites (N-methyl/N-ethyl adjacent to an activating group) is 1. The number of aromatic nitrogens is 3. The summed E-state index contributed by atoms with van der Waals surface area (Å²) >= 11 is 5.96. The van der Waals surface area contributed by atoms with E-state index in [1.807, 2.05) is 25.7 Å². The predicted octanol–water partition coefficient (Wildman–Crippen LogP) is 1.33. The molecule has 118 valence electrons. The quantitative estimate of drug-likeness (QED) is 0.780. The number of amides is 1. The van der Waals surface area contributed by atoms with Crippen LogP contribution in [0.15, 0.2) is 0 Å². The van der Waals surface area contributed by atoms with Crippen LogP contribution >= 0.6 is 11.6 Å². The Bertz CT molecular complexity index is 466. The molecule has 0 spiro atoms. The highest BCUT2D eigenvalue weighted by atomic mass is 35.5. The smallest absolute Gasteiger partial charge is 0.239 e. The molecule has 0 radical (unpaired) electrons. The first-order valence-corrected chi connectivity index (χ1v) is 7.53. The van der Waals surface area contributed by atoms with Crippen molar-refractivity contribution in [2.24, 2.45) is 0 Å². The van der Waals surface area contributed by atoms with E-state index < -0.39 is 0 Å². The van der Waals surface area contributed by atoms with Crippen LogP contribution in [-0.2, 0) is 4.79 Å². The molecule has 1 amide bonds. The Balaban J connectivity index is 2.84. The van der Waals surface area contributed by atoms with Crippen molar-refractivity contribution in [1.82, 2.24) is 20.3 Å². The second kappa shape index (κ2) is 8.61. The van der Waals surface area contributed by atoms with E-state index in [4.69, 9.17) is 11.6 Å². The molecule has 1 aromatic heterocycles. The average Bonchev–Trinajstić information content (AvgIpc) is 2.45. The third-order valence-electron chi connectivity index (χ3n) is 2.93. The summed E-state index contributed by atoms with van der Waals surface area (Å²) in [5.41, 5.74) is 0. The van der Waals surface area contributed by atoms with Crippen LogP contribution in [0.3, 0.4) is 0 Å². The van der Waals surface area contributed by atoms with Crippen molar-refractivity contribution in [2.45, 2.75) is 27.2 Å². The normalized spacial score (nSPS) is 10.3. The maximum absolute atomic E-state index is 11.7. The Morgan fingerprint density at radius 3 is 2.33 bits per heavy atom. The van der Waals surface area contributed by atoms with Crippen LogP contribution in [0.4, 0.5) is 11.9 Å². The van der Waals surface area contributed by atoms with Crippen LogP contribution in [0.2, 0.25) is 5.28 Å². The fourth-order valence-electron chi connectivity index (χ4n) is 1.75. The minimum atomic E-state index is -0.0692. The van der Waals surface area contributed by atoms with Gasteiger partial charge in [-0.1, -0.05) is 6.92 Å². The number of hydrogen-bond acceptors (Lipinski definition) is 6. The van der Waals surface area contributed by atoms with Crippen LogP contribution in [-0.4, -0.2) is 54.1 Å². The molecule has 1 N–H and O–H groups in total. The van der Waals surface area contributed by atoms with E-state index in [-0.39, 0.29) is 17.7 Å². The van der Waals surface area contributed by atoms with Gasteiger partial charge in [-0.2, -0.15) is 15.0 Å². The molecule has 1 rings (SSSR count). The van der Waals surface area contributed by atoms with Crippen LogP contribution in [0.5, 0.6) is 0 Å². The van der Waals surface area contributed by atoms with Crippen LogP contribution in [0.25, 0.3) is 0 Å². The molecule has 0 saturated heterocycles. The maximum Gasteiger partial charge on any atom is 0.239 e. The molecule has 0 unspecified atom stereocenters. The van der Waals surface area contributed by atoms with E-state index in [0.29, 0.717) is 18.4 Å². The minimum Gasteiger partial charge on any atom is -0.355 e. The first-order valence-electron chi connectivity index (χ1n) is 7.16. The van der Waals surface area contributed by atoms with Crippen molar-refractivity contribution in [2.75, 3.05) is 43.0 Å². The van der Waals surface area contributed by atoms with E-state index in [2.05, 4.69) is 20.3 Å². The molecule has 1 heterocycles. The Kier molecular flexibility index (Phi) is 7.14. The zero-order valence-corrected chi connectivity index (χ0v) is 13.8. The first kappa shape index (κ1) is 17.4. The third-order valence-corrected chi connectivity index (χ3v) is 3.09. The standard InChI is InChI=1S/C13H23ClN6O/c1-5-8-15-10(21)9-19(4)12-16-11(14)17-13(18-12)20(6-2)7-3/h5-9H2,1-4H3,(H,15,21). The molecular weight excluding hydrogens is 292 g/mol. The van der Waals surface area contributed by atoms with Gasteiger partial charge in [0.2, 0.25) is 23.1 Å². The van der Waals surface area contributed by atoms with E-state index in [1.54, 1.807) is 11.9 Å². The summed E-state index contributed by atoms with van der Waals surface area (Å²) in [7, 11) is 1.75. The maximum atomic E-state index is 11.7. The number of anilines is 2. The van der Waals surface area contributed by atoms with Crippen molar-refractivity contribution in [3.63, 3.8) is 0 Å². The van der Waals surface area contributed by atoms with Crippen molar-refractivity contribution < 1.29 is 4.79 Å². The molecule has 0 saturated carbocycles. The van der Waals surface area contributed by atoms with E-state index >= 15 is 0 Å². The fourth-order valence-corrected chi connectivity index (χ4v) is 1.91. The molecular formula is C13H23ClN6O. The van der Waals surface area contributed by atoms with Gasteiger partial charge in [-0.3, -0.25) is 4.79 Å². The molecule has 0 bridgehead atoms. The molecule has 1 aromatic rings. The summed E-state index contributed by atoms with van der Waals surface area (Å²) in [5.74, 6) is 0.847. The van der Waals surface area contributed by atoms with Crippen LogP contribution in [0, 0.1) is 0 Å².